The number of nitrogens with zero attached hydrogens (tertiary/aromatic N) is 1. The van der Waals surface area contributed by atoms with E-state index in [1.54, 1.807) is 0 Å². The Hall–Kier alpha value is -0.0800. The first kappa shape index (κ1) is 12.0. The second kappa shape index (κ2) is 4.24. The molecule has 4 aliphatic carbocycles. The van der Waals surface area contributed by atoms with Gasteiger partial charge in [-0.1, -0.05) is 6.92 Å². The molecule has 4 bridgehead atoms. The summed E-state index contributed by atoms with van der Waals surface area (Å²) in [4.78, 5) is 2.69. The molecule has 0 spiro atoms. The summed E-state index contributed by atoms with van der Waals surface area (Å²) in [5.74, 6) is 3.12. The van der Waals surface area contributed by atoms with Crippen LogP contribution < -0.4 is 5.73 Å². The van der Waals surface area contributed by atoms with E-state index < -0.39 is 0 Å². The zero-order valence-electron chi connectivity index (χ0n) is 11.5. The van der Waals surface area contributed by atoms with E-state index in [0.717, 1.165) is 24.3 Å². The summed E-state index contributed by atoms with van der Waals surface area (Å²) in [6.45, 7) is 3.11. The Labute approximate surface area is 106 Å². The molecule has 2 N–H and O–H groups in total. The molecule has 0 aromatic carbocycles. The normalized spacial score (nSPS) is 45.5. The van der Waals surface area contributed by atoms with Gasteiger partial charge < -0.3 is 5.73 Å². The summed E-state index contributed by atoms with van der Waals surface area (Å²) < 4.78 is 0. The molecule has 4 fully saturated rings. The van der Waals surface area contributed by atoms with Gasteiger partial charge in [0.05, 0.1) is 0 Å². The van der Waals surface area contributed by atoms with E-state index >= 15 is 0 Å². The van der Waals surface area contributed by atoms with Gasteiger partial charge >= 0.3 is 0 Å². The van der Waals surface area contributed by atoms with Crippen LogP contribution in [0.5, 0.6) is 0 Å². The lowest BCUT2D eigenvalue weighted by Crippen LogP contribution is -2.62. The van der Waals surface area contributed by atoms with E-state index in [2.05, 4.69) is 18.9 Å². The molecule has 0 radical (unpaired) electrons. The van der Waals surface area contributed by atoms with Crippen molar-refractivity contribution in [3.05, 3.63) is 0 Å². The van der Waals surface area contributed by atoms with Crippen LogP contribution >= 0.6 is 0 Å². The van der Waals surface area contributed by atoms with Crippen LogP contribution in [-0.4, -0.2) is 30.1 Å². The molecular formula is C15H28N2. The standard InChI is InChI=1S/C15H28N2/c1-3-14(10-16)17(2)15-7-11-4-12(8-15)6-13(5-11)9-15/h11-14H,3-10,16H2,1-2H3. The Morgan fingerprint density at radius 1 is 1.12 bits per heavy atom. The summed E-state index contributed by atoms with van der Waals surface area (Å²) in [5, 5.41) is 0. The summed E-state index contributed by atoms with van der Waals surface area (Å²) in [6, 6.07) is 0.603. The molecule has 4 rings (SSSR count). The predicted octanol–water partition coefficient (Wildman–Crippen LogP) is 2.62. The van der Waals surface area contributed by atoms with Crippen LogP contribution in [0.4, 0.5) is 0 Å². The van der Waals surface area contributed by atoms with E-state index in [9.17, 15) is 0 Å². The maximum absolute atomic E-state index is 5.96. The van der Waals surface area contributed by atoms with Crippen molar-refractivity contribution >= 4 is 0 Å². The molecule has 0 saturated heterocycles. The number of likely N-dealkylation sites (N-methyl/N-ethyl adjacent to an activating group) is 1. The van der Waals surface area contributed by atoms with Gasteiger partial charge in [-0.15, -0.1) is 0 Å². The minimum atomic E-state index is 0.537. The van der Waals surface area contributed by atoms with Crippen LogP contribution in [0.3, 0.4) is 0 Å². The number of hydrogen-bond acceptors (Lipinski definition) is 2. The van der Waals surface area contributed by atoms with Gasteiger partial charge in [0.2, 0.25) is 0 Å². The molecule has 1 atom stereocenters. The van der Waals surface area contributed by atoms with Crippen molar-refractivity contribution in [3.63, 3.8) is 0 Å². The highest BCUT2D eigenvalue weighted by molar-refractivity contribution is 5.07. The fraction of sp³-hybridized carbons (Fsp3) is 1.00. The van der Waals surface area contributed by atoms with Crippen LogP contribution in [0.25, 0.3) is 0 Å². The van der Waals surface area contributed by atoms with Crippen molar-refractivity contribution in [2.45, 2.75) is 63.5 Å². The Kier molecular flexibility index (Phi) is 2.99. The quantitative estimate of drug-likeness (QED) is 0.813. The van der Waals surface area contributed by atoms with Crippen molar-refractivity contribution in [2.75, 3.05) is 13.6 Å². The van der Waals surface area contributed by atoms with Gasteiger partial charge in [-0.05, 0) is 69.7 Å². The molecule has 1 unspecified atom stereocenters. The zero-order valence-corrected chi connectivity index (χ0v) is 11.5. The SMILES string of the molecule is CCC(CN)N(C)C12CC3CC(CC(C3)C1)C2. The third-order valence-corrected chi connectivity index (χ3v) is 6.05. The molecular weight excluding hydrogens is 208 g/mol. The van der Waals surface area contributed by atoms with Gasteiger partial charge in [0.1, 0.15) is 0 Å². The van der Waals surface area contributed by atoms with Gasteiger partial charge in [-0.3, -0.25) is 4.90 Å². The highest BCUT2D eigenvalue weighted by Gasteiger charge is 2.53. The van der Waals surface area contributed by atoms with E-state index in [4.69, 9.17) is 5.73 Å². The van der Waals surface area contributed by atoms with Crippen LogP contribution in [0.2, 0.25) is 0 Å². The lowest BCUT2D eigenvalue weighted by molar-refractivity contribution is -0.0928. The van der Waals surface area contributed by atoms with Crippen molar-refractivity contribution in [2.24, 2.45) is 23.5 Å². The Bertz CT molecular complexity index is 247. The van der Waals surface area contributed by atoms with Crippen LogP contribution in [0.15, 0.2) is 0 Å². The second-order valence-corrected chi connectivity index (χ2v) is 7.05. The maximum atomic E-state index is 5.96. The summed E-state index contributed by atoms with van der Waals surface area (Å²) in [6.07, 6.45) is 10.2. The monoisotopic (exact) mass is 236 g/mol. The Morgan fingerprint density at radius 2 is 1.59 bits per heavy atom. The minimum absolute atomic E-state index is 0.537. The molecule has 17 heavy (non-hydrogen) atoms. The van der Waals surface area contributed by atoms with E-state index in [1.165, 1.54) is 44.9 Å². The van der Waals surface area contributed by atoms with Gasteiger partial charge in [0.15, 0.2) is 0 Å². The molecule has 0 aliphatic heterocycles. The van der Waals surface area contributed by atoms with Gasteiger partial charge in [-0.25, -0.2) is 0 Å². The molecule has 4 aliphatic rings. The van der Waals surface area contributed by atoms with Crippen molar-refractivity contribution < 1.29 is 0 Å². The van der Waals surface area contributed by atoms with E-state index in [1.807, 2.05) is 0 Å². The predicted molar refractivity (Wildman–Crippen MR) is 71.8 cm³/mol. The largest absolute Gasteiger partial charge is 0.329 e. The number of nitrogens with two attached hydrogens (primary N) is 1. The molecule has 2 nitrogen and oxygen atoms in total. The lowest BCUT2D eigenvalue weighted by Gasteiger charge is -2.61. The second-order valence-electron chi connectivity index (χ2n) is 7.05. The summed E-state index contributed by atoms with van der Waals surface area (Å²) in [5.41, 5.74) is 6.50. The first-order chi connectivity index (χ1) is 8.16. The van der Waals surface area contributed by atoms with Crippen molar-refractivity contribution in [1.29, 1.82) is 0 Å². The molecule has 98 valence electrons. The average molecular weight is 236 g/mol. The van der Waals surface area contributed by atoms with Gasteiger partial charge in [-0.2, -0.15) is 0 Å². The molecule has 2 heteroatoms. The first-order valence-electron chi connectivity index (χ1n) is 7.60. The zero-order chi connectivity index (χ0) is 12.0. The fourth-order valence-electron chi connectivity index (χ4n) is 5.48. The topological polar surface area (TPSA) is 29.3 Å². The summed E-state index contributed by atoms with van der Waals surface area (Å²) in [7, 11) is 2.36. The number of hydrogen-bond donors (Lipinski definition) is 1. The Morgan fingerprint density at radius 3 is 1.94 bits per heavy atom. The van der Waals surface area contributed by atoms with Crippen molar-refractivity contribution in [1.82, 2.24) is 4.90 Å². The lowest BCUT2D eigenvalue weighted by atomic mass is 9.52. The van der Waals surface area contributed by atoms with Gasteiger partial charge in [0, 0.05) is 18.1 Å². The summed E-state index contributed by atoms with van der Waals surface area (Å²) >= 11 is 0. The maximum Gasteiger partial charge on any atom is 0.0218 e. The third-order valence-electron chi connectivity index (χ3n) is 6.05. The molecule has 0 aromatic rings. The highest BCUT2D eigenvalue weighted by atomic mass is 15.2. The fourth-order valence-corrected chi connectivity index (χ4v) is 5.48. The molecule has 0 heterocycles. The molecule has 4 saturated carbocycles. The van der Waals surface area contributed by atoms with Crippen LogP contribution in [0, 0.1) is 17.8 Å². The third kappa shape index (κ3) is 1.84. The smallest absolute Gasteiger partial charge is 0.0218 e. The molecule has 0 aromatic heterocycles. The van der Waals surface area contributed by atoms with E-state index in [0.29, 0.717) is 11.6 Å². The van der Waals surface area contributed by atoms with Crippen LogP contribution in [0.1, 0.15) is 51.9 Å². The van der Waals surface area contributed by atoms with Crippen molar-refractivity contribution in [3.8, 4) is 0 Å². The van der Waals surface area contributed by atoms with Crippen LogP contribution in [-0.2, 0) is 0 Å². The van der Waals surface area contributed by atoms with E-state index in [-0.39, 0.29) is 0 Å². The van der Waals surface area contributed by atoms with Gasteiger partial charge in [0.25, 0.3) is 0 Å². The minimum Gasteiger partial charge on any atom is -0.329 e. The Balaban J connectivity index is 1.81. The molecule has 0 amide bonds. The number of rotatable bonds is 4. The first-order valence-corrected chi connectivity index (χ1v) is 7.60. The highest BCUT2D eigenvalue weighted by Crippen LogP contribution is 2.57. The average Bonchev–Trinajstić information content (AvgIpc) is 2.28.